The number of likely N-dealkylation sites (tertiary alicyclic amines) is 1. The van der Waals surface area contributed by atoms with Crippen LogP contribution in [-0.4, -0.2) is 53.1 Å². The third kappa shape index (κ3) is 6.10. The summed E-state index contributed by atoms with van der Waals surface area (Å²) >= 11 is 0. The number of benzene rings is 2. The Bertz CT molecular complexity index is 1200. The smallest absolute Gasteiger partial charge is 0.259 e. The second-order valence-corrected chi connectivity index (χ2v) is 10.1. The number of piperidine rings is 1. The number of nitrogens with one attached hydrogen (secondary N) is 1. The van der Waals surface area contributed by atoms with Gasteiger partial charge in [0.15, 0.2) is 0 Å². The van der Waals surface area contributed by atoms with Crippen LogP contribution in [0.4, 0.5) is 11.8 Å². The molecule has 1 N–H and O–H groups in total. The first-order chi connectivity index (χ1) is 18.1. The molecule has 7 heteroatoms. The van der Waals surface area contributed by atoms with E-state index in [-0.39, 0.29) is 11.9 Å². The van der Waals surface area contributed by atoms with Crippen molar-refractivity contribution in [1.82, 2.24) is 14.9 Å². The van der Waals surface area contributed by atoms with E-state index in [1.165, 1.54) is 19.3 Å². The maximum Gasteiger partial charge on any atom is 0.259 e. The molecule has 2 aromatic carbocycles. The number of fused-ring (bicyclic) bond motifs is 1. The van der Waals surface area contributed by atoms with E-state index in [1.54, 1.807) is 6.20 Å². The average molecular weight is 500 g/mol. The summed E-state index contributed by atoms with van der Waals surface area (Å²) in [6, 6.07) is 18.4. The molecule has 1 amide bonds. The summed E-state index contributed by atoms with van der Waals surface area (Å²) in [6.45, 7) is 7.78. The van der Waals surface area contributed by atoms with Gasteiger partial charge < -0.3 is 15.0 Å². The van der Waals surface area contributed by atoms with Gasteiger partial charge in [-0.2, -0.15) is 4.98 Å². The number of carbonyl (C=O) groups excluding carboxylic acids is 1. The summed E-state index contributed by atoms with van der Waals surface area (Å²) in [5, 5.41) is 3.39. The van der Waals surface area contributed by atoms with Gasteiger partial charge in [0, 0.05) is 37.3 Å². The fourth-order valence-corrected chi connectivity index (χ4v) is 5.31. The van der Waals surface area contributed by atoms with E-state index in [4.69, 9.17) is 9.72 Å². The van der Waals surface area contributed by atoms with E-state index >= 15 is 0 Å². The SMILES string of the molecule is CC1CCCCN1CCCN(C(=O)c1ccc2c(c1)CCO2)c1ccnc(N[C@@H](C)c2ccccc2)n1. The van der Waals surface area contributed by atoms with E-state index in [0.29, 0.717) is 36.5 Å². The number of ether oxygens (including phenoxy) is 1. The summed E-state index contributed by atoms with van der Waals surface area (Å²) in [5.41, 5.74) is 2.91. The van der Waals surface area contributed by atoms with Gasteiger partial charge in [-0.1, -0.05) is 36.8 Å². The van der Waals surface area contributed by atoms with E-state index in [1.807, 2.05) is 47.4 Å². The molecule has 1 fully saturated rings. The summed E-state index contributed by atoms with van der Waals surface area (Å²) in [7, 11) is 0. The van der Waals surface area contributed by atoms with Crippen LogP contribution >= 0.6 is 0 Å². The molecule has 1 aromatic heterocycles. The van der Waals surface area contributed by atoms with Crippen molar-refractivity contribution < 1.29 is 9.53 Å². The first-order valence-corrected chi connectivity index (χ1v) is 13.5. The maximum atomic E-state index is 13.8. The number of aromatic nitrogens is 2. The van der Waals surface area contributed by atoms with Gasteiger partial charge in [0.25, 0.3) is 5.91 Å². The molecule has 0 spiro atoms. The van der Waals surface area contributed by atoms with Gasteiger partial charge in [-0.25, -0.2) is 4.98 Å². The van der Waals surface area contributed by atoms with E-state index in [9.17, 15) is 4.79 Å². The van der Waals surface area contributed by atoms with E-state index in [2.05, 4.69) is 41.2 Å². The Balaban J connectivity index is 1.36. The van der Waals surface area contributed by atoms with Crippen LogP contribution in [-0.2, 0) is 6.42 Å². The van der Waals surface area contributed by atoms with E-state index < -0.39 is 0 Å². The standard InChI is InChI=1S/C30H37N5O2/c1-22-9-6-7-17-34(22)18-8-19-35(29(36)26-12-13-27-25(21-26)15-20-37-27)28-14-16-31-30(33-28)32-23(2)24-10-4-3-5-11-24/h3-5,10-14,16,21-23H,6-9,15,17-20H2,1-2H3,(H,31,32,33)/t22?,23-/m0/s1. The van der Waals surface area contributed by atoms with Crippen LogP contribution in [0.1, 0.15) is 67.1 Å². The molecular weight excluding hydrogens is 462 g/mol. The van der Waals surface area contributed by atoms with Crippen LogP contribution in [0.25, 0.3) is 0 Å². The Morgan fingerprint density at radius 1 is 1.19 bits per heavy atom. The van der Waals surface area contributed by atoms with Crippen molar-refractivity contribution >= 4 is 17.7 Å². The molecule has 0 aliphatic carbocycles. The molecule has 0 radical (unpaired) electrons. The lowest BCUT2D eigenvalue weighted by Gasteiger charge is -2.34. The summed E-state index contributed by atoms with van der Waals surface area (Å²) in [6.07, 6.45) is 7.26. The molecule has 2 aliphatic heterocycles. The number of hydrogen-bond donors (Lipinski definition) is 1. The summed E-state index contributed by atoms with van der Waals surface area (Å²) in [5.74, 6) is 1.97. The molecule has 37 heavy (non-hydrogen) atoms. The van der Waals surface area contributed by atoms with Crippen molar-refractivity contribution in [3.63, 3.8) is 0 Å². The first kappa shape index (κ1) is 25.2. The van der Waals surface area contributed by atoms with Crippen LogP contribution < -0.4 is 15.0 Å². The van der Waals surface area contributed by atoms with Crippen molar-refractivity contribution in [3.8, 4) is 5.75 Å². The number of carbonyl (C=O) groups is 1. The quantitative estimate of drug-likeness (QED) is 0.419. The van der Waals surface area contributed by atoms with Crippen LogP contribution in [0, 0.1) is 0 Å². The van der Waals surface area contributed by atoms with Crippen molar-refractivity contribution in [2.45, 2.75) is 58.0 Å². The molecule has 2 atom stereocenters. The molecule has 3 heterocycles. The third-order valence-electron chi connectivity index (χ3n) is 7.51. The van der Waals surface area contributed by atoms with Gasteiger partial charge in [-0.05, 0) is 75.0 Å². The summed E-state index contributed by atoms with van der Waals surface area (Å²) < 4.78 is 5.65. The third-order valence-corrected chi connectivity index (χ3v) is 7.51. The van der Waals surface area contributed by atoms with Crippen molar-refractivity contribution in [3.05, 3.63) is 77.5 Å². The predicted molar refractivity (Wildman–Crippen MR) is 147 cm³/mol. The molecule has 194 valence electrons. The van der Waals surface area contributed by atoms with Gasteiger partial charge in [0.05, 0.1) is 12.6 Å². The van der Waals surface area contributed by atoms with Crippen LogP contribution in [0.15, 0.2) is 60.8 Å². The monoisotopic (exact) mass is 499 g/mol. The molecule has 2 aliphatic rings. The van der Waals surface area contributed by atoms with Gasteiger partial charge in [-0.15, -0.1) is 0 Å². The normalized spacial score (nSPS) is 18.1. The van der Waals surface area contributed by atoms with Crippen LogP contribution in [0.5, 0.6) is 5.75 Å². The molecule has 3 aromatic rings. The van der Waals surface area contributed by atoms with Gasteiger partial charge in [0.1, 0.15) is 11.6 Å². The summed E-state index contributed by atoms with van der Waals surface area (Å²) in [4.78, 5) is 27.4. The molecule has 7 nitrogen and oxygen atoms in total. The molecule has 5 rings (SSSR count). The average Bonchev–Trinajstić information content (AvgIpc) is 3.40. The van der Waals surface area contributed by atoms with E-state index in [0.717, 1.165) is 42.8 Å². The zero-order valence-corrected chi connectivity index (χ0v) is 21.9. The van der Waals surface area contributed by atoms with Crippen molar-refractivity contribution in [2.75, 3.05) is 36.5 Å². The first-order valence-electron chi connectivity index (χ1n) is 13.5. The lowest BCUT2D eigenvalue weighted by Crippen LogP contribution is -2.40. The molecular formula is C30H37N5O2. The lowest BCUT2D eigenvalue weighted by atomic mass is 10.0. The highest BCUT2D eigenvalue weighted by Gasteiger charge is 2.24. The Morgan fingerprint density at radius 3 is 2.89 bits per heavy atom. The number of hydrogen-bond acceptors (Lipinski definition) is 6. The highest BCUT2D eigenvalue weighted by atomic mass is 16.5. The molecule has 0 bridgehead atoms. The fraction of sp³-hybridized carbons (Fsp3) is 0.433. The second-order valence-electron chi connectivity index (χ2n) is 10.1. The second kappa shape index (κ2) is 11.7. The van der Waals surface area contributed by atoms with Crippen LogP contribution in [0.2, 0.25) is 0 Å². The number of rotatable bonds is 9. The highest BCUT2D eigenvalue weighted by Crippen LogP contribution is 2.28. The molecule has 0 saturated carbocycles. The fourth-order valence-electron chi connectivity index (χ4n) is 5.31. The van der Waals surface area contributed by atoms with Gasteiger partial charge >= 0.3 is 0 Å². The van der Waals surface area contributed by atoms with Crippen molar-refractivity contribution in [1.29, 1.82) is 0 Å². The molecule has 1 saturated heterocycles. The highest BCUT2D eigenvalue weighted by molar-refractivity contribution is 6.05. The van der Waals surface area contributed by atoms with Gasteiger partial charge in [-0.3, -0.25) is 9.69 Å². The number of amides is 1. The van der Waals surface area contributed by atoms with Gasteiger partial charge in [0.2, 0.25) is 5.95 Å². The minimum atomic E-state index is -0.0397. The Hall–Kier alpha value is -3.45. The maximum absolute atomic E-state index is 13.8. The Morgan fingerprint density at radius 2 is 2.05 bits per heavy atom. The number of nitrogens with zero attached hydrogens (tertiary/aromatic N) is 4. The zero-order valence-electron chi connectivity index (χ0n) is 21.9. The van der Waals surface area contributed by atoms with Crippen molar-refractivity contribution in [2.24, 2.45) is 0 Å². The minimum absolute atomic E-state index is 0.0397. The Kier molecular flexibility index (Phi) is 7.99. The predicted octanol–water partition coefficient (Wildman–Crippen LogP) is 5.50. The Labute approximate surface area is 219 Å². The molecule has 1 unspecified atom stereocenters. The largest absolute Gasteiger partial charge is 0.493 e. The number of anilines is 2. The van der Waals surface area contributed by atoms with Crippen LogP contribution in [0.3, 0.4) is 0 Å². The zero-order chi connectivity index (χ0) is 25.6. The topological polar surface area (TPSA) is 70.6 Å². The minimum Gasteiger partial charge on any atom is -0.493 e. The lowest BCUT2D eigenvalue weighted by molar-refractivity contribution is 0.0983.